The number of ether oxygens (including phenoxy) is 1. The van der Waals surface area contributed by atoms with E-state index in [0.717, 1.165) is 38.5 Å². The van der Waals surface area contributed by atoms with Crippen LogP contribution in [0.25, 0.3) is 0 Å². The fourth-order valence-electron chi connectivity index (χ4n) is 9.81. The van der Waals surface area contributed by atoms with Crippen molar-refractivity contribution in [2.24, 2.45) is 0 Å². The molecule has 68 heavy (non-hydrogen) atoms. The van der Waals surface area contributed by atoms with Gasteiger partial charge in [0.2, 0.25) is 5.91 Å². The molecule has 2 atom stereocenters. The van der Waals surface area contributed by atoms with Crippen molar-refractivity contribution in [3.63, 3.8) is 0 Å². The van der Waals surface area contributed by atoms with E-state index in [1.165, 1.54) is 276 Å². The molecule has 0 aromatic heterocycles. The summed E-state index contributed by atoms with van der Waals surface area (Å²) >= 11 is 0. The lowest BCUT2D eigenvalue weighted by molar-refractivity contribution is -0.143. The third kappa shape index (κ3) is 53.9. The first-order valence-electron chi connectivity index (χ1n) is 30.9. The Labute approximate surface area is 425 Å². The summed E-state index contributed by atoms with van der Waals surface area (Å²) in [4.78, 5) is 24.5. The quantitative estimate of drug-likeness (QED) is 0.0321. The van der Waals surface area contributed by atoms with Crippen LogP contribution in [0, 0.1) is 0 Å². The zero-order chi connectivity index (χ0) is 49.3. The minimum Gasteiger partial charge on any atom is -0.466 e. The van der Waals surface area contributed by atoms with Gasteiger partial charge in [-0.15, -0.1) is 0 Å². The van der Waals surface area contributed by atoms with Gasteiger partial charge in [0.1, 0.15) is 0 Å². The van der Waals surface area contributed by atoms with Crippen LogP contribution in [0.4, 0.5) is 0 Å². The Morgan fingerprint density at radius 2 is 0.691 bits per heavy atom. The van der Waals surface area contributed by atoms with Gasteiger partial charge in [0.15, 0.2) is 0 Å². The average molecular weight is 961 g/mol. The van der Waals surface area contributed by atoms with Gasteiger partial charge in [-0.1, -0.05) is 296 Å². The Balaban J connectivity index is 3.35. The van der Waals surface area contributed by atoms with Crippen molar-refractivity contribution in [1.29, 1.82) is 0 Å². The van der Waals surface area contributed by atoms with Crippen molar-refractivity contribution >= 4 is 11.9 Å². The van der Waals surface area contributed by atoms with Gasteiger partial charge in [-0.25, -0.2) is 0 Å². The summed E-state index contributed by atoms with van der Waals surface area (Å²) in [5.41, 5.74) is 0. The van der Waals surface area contributed by atoms with E-state index in [-0.39, 0.29) is 18.5 Å². The smallest absolute Gasteiger partial charge is 0.305 e. The molecule has 0 rings (SSSR count). The van der Waals surface area contributed by atoms with E-state index in [2.05, 4.69) is 31.3 Å². The second-order valence-electron chi connectivity index (χ2n) is 21.4. The van der Waals surface area contributed by atoms with Gasteiger partial charge in [-0.05, 0) is 51.4 Å². The lowest BCUT2D eigenvalue weighted by Crippen LogP contribution is -2.45. The number of rotatable bonds is 58. The molecule has 2 unspecified atom stereocenters. The molecule has 6 heteroatoms. The first-order valence-corrected chi connectivity index (χ1v) is 30.9. The van der Waals surface area contributed by atoms with Crippen LogP contribution < -0.4 is 5.32 Å². The van der Waals surface area contributed by atoms with Crippen LogP contribution in [0.15, 0.2) is 12.2 Å². The number of aliphatic hydroxyl groups is 2. The largest absolute Gasteiger partial charge is 0.466 e. The average Bonchev–Trinajstić information content (AvgIpc) is 3.34. The van der Waals surface area contributed by atoms with Gasteiger partial charge >= 0.3 is 5.97 Å². The van der Waals surface area contributed by atoms with E-state index >= 15 is 0 Å². The molecular formula is C62H121NO5. The lowest BCUT2D eigenvalue weighted by Gasteiger charge is -2.22. The van der Waals surface area contributed by atoms with E-state index in [0.29, 0.717) is 25.9 Å². The normalized spacial score (nSPS) is 12.6. The Hall–Kier alpha value is -1.40. The van der Waals surface area contributed by atoms with E-state index in [1.54, 1.807) is 0 Å². The molecule has 0 saturated carbocycles. The minimum absolute atomic E-state index is 0.0177. The van der Waals surface area contributed by atoms with Gasteiger partial charge in [0, 0.05) is 12.8 Å². The number of carbonyl (C=O) groups is 2. The van der Waals surface area contributed by atoms with Crippen molar-refractivity contribution in [2.75, 3.05) is 13.2 Å². The van der Waals surface area contributed by atoms with Crippen LogP contribution in [0.3, 0.4) is 0 Å². The molecule has 0 spiro atoms. The van der Waals surface area contributed by atoms with Crippen LogP contribution >= 0.6 is 0 Å². The molecule has 0 radical (unpaired) electrons. The number of hydrogen-bond donors (Lipinski definition) is 3. The van der Waals surface area contributed by atoms with E-state index in [4.69, 9.17) is 4.74 Å². The number of aliphatic hydroxyl groups excluding tert-OH is 2. The van der Waals surface area contributed by atoms with Crippen LogP contribution in [-0.4, -0.2) is 47.4 Å². The summed E-state index contributed by atoms with van der Waals surface area (Å²) in [6.07, 6.45) is 69.5. The van der Waals surface area contributed by atoms with Crippen LogP contribution in [0.1, 0.15) is 348 Å². The highest BCUT2D eigenvalue weighted by molar-refractivity contribution is 5.76. The number of nitrogens with one attached hydrogen (secondary N) is 1. The molecule has 0 saturated heterocycles. The molecule has 404 valence electrons. The van der Waals surface area contributed by atoms with E-state index in [1.807, 2.05) is 0 Å². The SMILES string of the molecule is CCCCCCCCCCCCCCCCCC(=O)OCCCCCCCCCCCCCC/C=C\CCCCCCCCCCCCC(=O)NC(CO)C(O)CCCCCCCCCCCC. The molecule has 0 aliphatic rings. The predicted octanol–water partition coefficient (Wildman–Crippen LogP) is 19.2. The first-order chi connectivity index (χ1) is 33.5. The molecule has 0 aliphatic carbocycles. The maximum atomic E-state index is 12.4. The fraction of sp³-hybridized carbons (Fsp3) is 0.935. The van der Waals surface area contributed by atoms with Crippen molar-refractivity contribution in [3.05, 3.63) is 12.2 Å². The van der Waals surface area contributed by atoms with Crippen LogP contribution in [0.2, 0.25) is 0 Å². The summed E-state index contributed by atoms with van der Waals surface area (Å²) in [7, 11) is 0. The Morgan fingerprint density at radius 3 is 1.04 bits per heavy atom. The maximum absolute atomic E-state index is 12.4. The van der Waals surface area contributed by atoms with E-state index < -0.39 is 12.1 Å². The second-order valence-corrected chi connectivity index (χ2v) is 21.4. The third-order valence-corrected chi connectivity index (χ3v) is 14.6. The number of unbranched alkanes of at least 4 members (excludes halogenated alkanes) is 45. The topological polar surface area (TPSA) is 95.9 Å². The summed E-state index contributed by atoms with van der Waals surface area (Å²) < 4.78 is 5.49. The second kappa shape index (κ2) is 58.2. The number of carbonyl (C=O) groups excluding carboxylic acids is 2. The summed E-state index contributed by atoms with van der Waals surface area (Å²) in [5.74, 6) is -0.0194. The Bertz CT molecular complexity index is 1020. The molecule has 0 fully saturated rings. The van der Waals surface area contributed by atoms with Crippen LogP contribution in [-0.2, 0) is 14.3 Å². The highest BCUT2D eigenvalue weighted by atomic mass is 16.5. The highest BCUT2D eigenvalue weighted by Crippen LogP contribution is 2.18. The van der Waals surface area contributed by atoms with Gasteiger partial charge in [0.25, 0.3) is 0 Å². The number of esters is 1. The standard InChI is InChI=1S/C62H121NO5/c1-3-5-7-9-11-13-15-16-29-33-36-40-44-48-52-56-62(67)68-57-53-49-45-41-37-34-31-28-26-24-22-20-18-17-19-21-23-25-27-30-32-35-39-43-47-51-55-61(66)63-59(58-64)60(65)54-50-46-42-38-14-12-10-8-6-4-2/h17,19,59-60,64-65H,3-16,18,20-58H2,1-2H3,(H,63,66)/b19-17-. The van der Waals surface area contributed by atoms with Gasteiger partial charge in [0.05, 0.1) is 25.4 Å². The van der Waals surface area contributed by atoms with Gasteiger partial charge in [-0.3, -0.25) is 9.59 Å². The van der Waals surface area contributed by atoms with Crippen LogP contribution in [0.5, 0.6) is 0 Å². The molecule has 0 aliphatic heterocycles. The molecule has 1 amide bonds. The minimum atomic E-state index is -0.662. The molecule has 0 aromatic rings. The summed E-state index contributed by atoms with van der Waals surface area (Å²) in [6.45, 7) is 4.96. The highest BCUT2D eigenvalue weighted by Gasteiger charge is 2.20. The summed E-state index contributed by atoms with van der Waals surface area (Å²) in [6, 6.07) is -0.540. The predicted molar refractivity (Wildman–Crippen MR) is 297 cm³/mol. The molecule has 0 heterocycles. The van der Waals surface area contributed by atoms with Crippen molar-refractivity contribution < 1.29 is 24.5 Å². The fourth-order valence-corrected chi connectivity index (χ4v) is 9.81. The Kier molecular flexibility index (Phi) is 57.0. The molecular weight excluding hydrogens is 839 g/mol. The van der Waals surface area contributed by atoms with Crippen molar-refractivity contribution in [3.8, 4) is 0 Å². The molecule has 0 aromatic carbocycles. The number of hydrogen-bond acceptors (Lipinski definition) is 5. The Morgan fingerprint density at radius 1 is 0.397 bits per heavy atom. The first kappa shape index (κ1) is 66.6. The van der Waals surface area contributed by atoms with Crippen molar-refractivity contribution in [1.82, 2.24) is 5.32 Å². The van der Waals surface area contributed by atoms with Gasteiger partial charge < -0.3 is 20.3 Å². The number of amides is 1. The third-order valence-electron chi connectivity index (χ3n) is 14.6. The molecule has 6 nitrogen and oxygen atoms in total. The molecule has 3 N–H and O–H groups in total. The monoisotopic (exact) mass is 960 g/mol. The number of allylic oxidation sites excluding steroid dienone is 2. The van der Waals surface area contributed by atoms with Crippen molar-refractivity contribution in [2.45, 2.75) is 360 Å². The maximum Gasteiger partial charge on any atom is 0.305 e. The zero-order valence-electron chi connectivity index (χ0n) is 46.1. The van der Waals surface area contributed by atoms with E-state index in [9.17, 15) is 19.8 Å². The van der Waals surface area contributed by atoms with Gasteiger partial charge in [-0.2, -0.15) is 0 Å². The molecule has 0 bridgehead atoms. The summed E-state index contributed by atoms with van der Waals surface area (Å²) in [5, 5.41) is 23.1. The zero-order valence-corrected chi connectivity index (χ0v) is 46.1. The lowest BCUT2D eigenvalue weighted by atomic mass is 10.0.